The van der Waals surface area contributed by atoms with Gasteiger partial charge in [-0.1, -0.05) is 13.8 Å². The third-order valence-corrected chi connectivity index (χ3v) is 6.01. The molecular weight excluding hydrogens is 361 g/mol. The third kappa shape index (κ3) is 4.41. The molecule has 2 rings (SSSR count). The molecule has 2 heterocycles. The number of nitrogens with zero attached hydrogens (tertiary/aromatic N) is 4. The standard InChI is InChI=1S/C16H28FN5O3S/c1-6-22-15(8-14(19-22)11(2)3)16(23)21-10-12(17)7-13(21)9-18-26(24,25)20(4)5/h8,11-13,18H,6-7,9-10H2,1-5H3/t12-,13-/m0/s1. The molecule has 148 valence electrons. The van der Waals surface area contributed by atoms with Crippen LogP contribution in [0.1, 0.15) is 49.3 Å². The molecule has 8 nitrogen and oxygen atoms in total. The zero-order valence-electron chi connectivity index (χ0n) is 15.9. The summed E-state index contributed by atoms with van der Waals surface area (Å²) in [6.45, 7) is 6.33. The first-order chi connectivity index (χ1) is 12.1. The summed E-state index contributed by atoms with van der Waals surface area (Å²) in [4.78, 5) is 14.4. The molecule has 1 N–H and O–H groups in total. The van der Waals surface area contributed by atoms with Crippen LogP contribution in [0.15, 0.2) is 6.07 Å². The smallest absolute Gasteiger partial charge is 0.279 e. The molecule has 1 aliphatic heterocycles. The maximum Gasteiger partial charge on any atom is 0.279 e. The zero-order chi connectivity index (χ0) is 19.6. The average molecular weight is 389 g/mol. The Hall–Kier alpha value is -1.52. The van der Waals surface area contributed by atoms with Crippen LogP contribution >= 0.6 is 0 Å². The lowest BCUT2D eigenvalue weighted by atomic mass is 10.1. The van der Waals surface area contributed by atoms with Crippen LogP contribution < -0.4 is 4.72 Å². The molecule has 1 aromatic heterocycles. The summed E-state index contributed by atoms with van der Waals surface area (Å²) in [6.07, 6.45) is -1.06. The highest BCUT2D eigenvalue weighted by Gasteiger charge is 2.37. The van der Waals surface area contributed by atoms with Crippen molar-refractivity contribution in [1.82, 2.24) is 23.7 Å². The Kier molecular flexibility index (Phi) is 6.41. The number of amides is 1. The van der Waals surface area contributed by atoms with E-state index in [1.54, 1.807) is 10.7 Å². The van der Waals surface area contributed by atoms with Crippen LogP contribution in [0.25, 0.3) is 0 Å². The van der Waals surface area contributed by atoms with Crippen molar-refractivity contribution >= 4 is 16.1 Å². The summed E-state index contributed by atoms with van der Waals surface area (Å²) < 4.78 is 42.9. The van der Waals surface area contributed by atoms with Crippen molar-refractivity contribution in [3.8, 4) is 0 Å². The topological polar surface area (TPSA) is 87.5 Å². The Morgan fingerprint density at radius 1 is 1.46 bits per heavy atom. The summed E-state index contributed by atoms with van der Waals surface area (Å²) in [6, 6.07) is 1.21. The van der Waals surface area contributed by atoms with Crippen LogP contribution in [0.3, 0.4) is 0 Å². The minimum atomic E-state index is -3.63. The quantitative estimate of drug-likeness (QED) is 0.753. The second kappa shape index (κ2) is 8.01. The molecule has 0 aromatic carbocycles. The number of nitrogens with one attached hydrogen (secondary N) is 1. The Bertz CT molecular complexity index is 747. The first-order valence-corrected chi connectivity index (χ1v) is 10.2. The van der Waals surface area contributed by atoms with Crippen molar-refractivity contribution in [2.24, 2.45) is 0 Å². The van der Waals surface area contributed by atoms with Crippen LogP contribution in [0, 0.1) is 0 Å². The average Bonchev–Trinajstić information content (AvgIpc) is 3.15. The molecule has 1 saturated heterocycles. The Morgan fingerprint density at radius 3 is 2.65 bits per heavy atom. The predicted octanol–water partition coefficient (Wildman–Crippen LogP) is 0.975. The van der Waals surface area contributed by atoms with Crippen LogP contribution in [0.4, 0.5) is 4.39 Å². The number of hydrogen-bond acceptors (Lipinski definition) is 4. The summed E-state index contributed by atoms with van der Waals surface area (Å²) in [5.41, 5.74) is 1.21. The molecule has 26 heavy (non-hydrogen) atoms. The van der Waals surface area contributed by atoms with E-state index in [2.05, 4.69) is 9.82 Å². The number of aryl methyl sites for hydroxylation is 1. The lowest BCUT2D eigenvalue weighted by Crippen LogP contribution is -2.46. The van der Waals surface area contributed by atoms with Gasteiger partial charge in [0.05, 0.1) is 12.2 Å². The molecule has 0 spiro atoms. The first kappa shape index (κ1) is 20.8. The van der Waals surface area contributed by atoms with E-state index >= 15 is 0 Å². The van der Waals surface area contributed by atoms with Crippen molar-refractivity contribution in [3.05, 3.63) is 17.5 Å². The molecular formula is C16H28FN5O3S. The number of likely N-dealkylation sites (tertiary alicyclic amines) is 1. The summed E-state index contributed by atoms with van der Waals surface area (Å²) >= 11 is 0. The fourth-order valence-electron chi connectivity index (χ4n) is 2.91. The van der Waals surface area contributed by atoms with Gasteiger partial charge in [0.15, 0.2) is 0 Å². The Labute approximate surface area is 154 Å². The van der Waals surface area contributed by atoms with Gasteiger partial charge in [0.2, 0.25) is 0 Å². The number of aromatic nitrogens is 2. The van der Waals surface area contributed by atoms with Crippen LogP contribution in [-0.2, 0) is 16.8 Å². The van der Waals surface area contributed by atoms with Crippen LogP contribution in [0.5, 0.6) is 0 Å². The summed E-state index contributed by atoms with van der Waals surface area (Å²) in [7, 11) is -0.816. The highest BCUT2D eigenvalue weighted by molar-refractivity contribution is 7.87. The molecule has 1 aliphatic rings. The second-order valence-corrected chi connectivity index (χ2v) is 8.97. The van der Waals surface area contributed by atoms with Crippen molar-refractivity contribution in [1.29, 1.82) is 0 Å². The van der Waals surface area contributed by atoms with E-state index in [4.69, 9.17) is 0 Å². The van der Waals surface area contributed by atoms with Crippen molar-refractivity contribution in [3.63, 3.8) is 0 Å². The maximum absolute atomic E-state index is 14.0. The van der Waals surface area contributed by atoms with Gasteiger partial charge in [0.25, 0.3) is 16.1 Å². The monoisotopic (exact) mass is 389 g/mol. The third-order valence-electron chi connectivity index (χ3n) is 4.52. The van der Waals surface area contributed by atoms with Crippen molar-refractivity contribution < 1.29 is 17.6 Å². The molecule has 1 amide bonds. The number of carbonyl (C=O) groups excluding carboxylic acids is 1. The number of rotatable bonds is 7. The molecule has 1 fully saturated rings. The van der Waals surface area contributed by atoms with Gasteiger partial charge in [-0.2, -0.15) is 17.8 Å². The van der Waals surface area contributed by atoms with Gasteiger partial charge in [-0.25, -0.2) is 9.11 Å². The summed E-state index contributed by atoms with van der Waals surface area (Å²) in [5, 5.41) is 4.43. The predicted molar refractivity (Wildman–Crippen MR) is 96.9 cm³/mol. The van der Waals surface area contributed by atoms with Crippen molar-refractivity contribution in [2.45, 2.75) is 51.9 Å². The molecule has 0 unspecified atom stereocenters. The number of halogens is 1. The number of carbonyl (C=O) groups is 1. The molecule has 10 heteroatoms. The van der Waals surface area contributed by atoms with Gasteiger partial charge in [0, 0.05) is 39.6 Å². The maximum atomic E-state index is 14.0. The number of hydrogen-bond donors (Lipinski definition) is 1. The van der Waals surface area contributed by atoms with Gasteiger partial charge >= 0.3 is 0 Å². The fraction of sp³-hybridized carbons (Fsp3) is 0.750. The second-order valence-electron chi connectivity index (χ2n) is 7.01. The highest BCUT2D eigenvalue weighted by atomic mass is 32.2. The van der Waals surface area contributed by atoms with E-state index in [0.717, 1.165) is 10.00 Å². The van der Waals surface area contributed by atoms with Crippen LogP contribution in [-0.4, -0.2) is 72.7 Å². The zero-order valence-corrected chi connectivity index (χ0v) is 16.8. The molecule has 0 saturated carbocycles. The molecule has 0 radical (unpaired) electrons. The largest absolute Gasteiger partial charge is 0.330 e. The molecule has 0 aliphatic carbocycles. The SMILES string of the molecule is CCn1nc(C(C)C)cc1C(=O)N1C[C@@H](F)C[C@H]1CNS(=O)(=O)N(C)C. The van der Waals surface area contributed by atoms with E-state index in [1.165, 1.54) is 19.0 Å². The van der Waals surface area contributed by atoms with E-state index < -0.39 is 22.4 Å². The van der Waals surface area contributed by atoms with Gasteiger partial charge in [-0.15, -0.1) is 0 Å². The van der Waals surface area contributed by atoms with E-state index in [9.17, 15) is 17.6 Å². The van der Waals surface area contributed by atoms with E-state index in [1.807, 2.05) is 20.8 Å². The fourth-order valence-corrected chi connectivity index (χ4v) is 3.57. The molecule has 0 bridgehead atoms. The molecule has 2 atom stereocenters. The lowest BCUT2D eigenvalue weighted by Gasteiger charge is -2.25. The van der Waals surface area contributed by atoms with E-state index in [0.29, 0.717) is 12.2 Å². The van der Waals surface area contributed by atoms with Gasteiger partial charge in [-0.3, -0.25) is 9.48 Å². The lowest BCUT2D eigenvalue weighted by molar-refractivity contribution is 0.0718. The minimum Gasteiger partial charge on any atom is -0.330 e. The van der Waals surface area contributed by atoms with Gasteiger partial charge in [-0.05, 0) is 18.9 Å². The van der Waals surface area contributed by atoms with Gasteiger partial charge < -0.3 is 4.90 Å². The van der Waals surface area contributed by atoms with Crippen LogP contribution in [0.2, 0.25) is 0 Å². The highest BCUT2D eigenvalue weighted by Crippen LogP contribution is 2.24. The molecule has 1 aromatic rings. The van der Waals surface area contributed by atoms with Crippen molar-refractivity contribution in [2.75, 3.05) is 27.2 Å². The minimum absolute atomic E-state index is 0.0238. The number of alkyl halides is 1. The van der Waals surface area contributed by atoms with E-state index in [-0.39, 0.29) is 31.3 Å². The van der Waals surface area contributed by atoms with Gasteiger partial charge in [0.1, 0.15) is 11.9 Å². The Morgan fingerprint density at radius 2 is 2.12 bits per heavy atom. The normalized spacial score (nSPS) is 21.2. The summed E-state index contributed by atoms with van der Waals surface area (Å²) in [5.74, 6) is -0.148. The first-order valence-electron chi connectivity index (χ1n) is 8.76. The Balaban J connectivity index is 2.21.